The van der Waals surface area contributed by atoms with Crippen LogP contribution in [-0.4, -0.2) is 20.9 Å². The monoisotopic (exact) mass is 351 g/mol. The van der Waals surface area contributed by atoms with Crippen LogP contribution in [0.25, 0.3) is 11.4 Å². The van der Waals surface area contributed by atoms with Crippen LogP contribution in [0.3, 0.4) is 0 Å². The van der Waals surface area contributed by atoms with E-state index in [1.165, 1.54) is 12.1 Å². The topological polar surface area (TPSA) is 59.2 Å². The average molecular weight is 351 g/mol. The van der Waals surface area contributed by atoms with Gasteiger partial charge in [0.15, 0.2) is 0 Å². The number of carbonyl (C=O) groups is 1. The molecule has 5 nitrogen and oxygen atoms in total. The molecule has 0 radical (unpaired) electrons. The summed E-state index contributed by atoms with van der Waals surface area (Å²) in [6.07, 6.45) is 1.11. The third-order valence-corrected chi connectivity index (χ3v) is 4.76. The normalized spacial score (nSPS) is 17.1. The van der Waals surface area contributed by atoms with Gasteiger partial charge in [0.1, 0.15) is 11.9 Å². The number of amides is 1. The first kappa shape index (κ1) is 16.4. The van der Waals surface area contributed by atoms with Gasteiger partial charge in [-0.25, -0.2) is 4.39 Å². The quantitative estimate of drug-likeness (QED) is 0.711. The molecule has 132 valence electrons. The van der Waals surface area contributed by atoms with E-state index in [2.05, 4.69) is 10.1 Å². The second-order valence-electron chi connectivity index (χ2n) is 6.47. The number of likely N-dealkylation sites (tertiary alicyclic amines) is 1. The van der Waals surface area contributed by atoms with Crippen molar-refractivity contribution in [3.05, 3.63) is 71.4 Å². The Kier molecular flexibility index (Phi) is 4.24. The fraction of sp³-hybridized carbons (Fsp3) is 0.250. The van der Waals surface area contributed by atoms with Crippen molar-refractivity contribution in [3.8, 4) is 11.4 Å². The van der Waals surface area contributed by atoms with Crippen molar-refractivity contribution in [1.29, 1.82) is 0 Å². The van der Waals surface area contributed by atoms with Crippen molar-refractivity contribution in [3.63, 3.8) is 0 Å². The maximum absolute atomic E-state index is 13.1. The Morgan fingerprint density at radius 1 is 1.19 bits per heavy atom. The number of benzene rings is 2. The summed E-state index contributed by atoms with van der Waals surface area (Å²) in [5, 5.41) is 4.00. The molecule has 1 aromatic heterocycles. The van der Waals surface area contributed by atoms with Crippen molar-refractivity contribution in [2.75, 3.05) is 0 Å². The highest BCUT2D eigenvalue weighted by atomic mass is 19.1. The zero-order valence-corrected chi connectivity index (χ0v) is 14.4. The molecule has 1 saturated heterocycles. The molecule has 1 unspecified atom stereocenters. The van der Waals surface area contributed by atoms with Gasteiger partial charge in [0.25, 0.3) is 0 Å². The molecule has 26 heavy (non-hydrogen) atoms. The van der Waals surface area contributed by atoms with Crippen LogP contribution in [0.5, 0.6) is 0 Å². The molecule has 1 atom stereocenters. The number of hydrogen-bond donors (Lipinski definition) is 0. The molecule has 2 heterocycles. The van der Waals surface area contributed by atoms with E-state index < -0.39 is 0 Å². The molecule has 4 rings (SSSR count). The first-order valence-electron chi connectivity index (χ1n) is 8.55. The molecule has 1 amide bonds. The second-order valence-corrected chi connectivity index (χ2v) is 6.47. The number of halogens is 1. The first-order valence-corrected chi connectivity index (χ1v) is 8.55. The highest BCUT2D eigenvalue weighted by molar-refractivity contribution is 5.79. The Bertz CT molecular complexity index is 936. The van der Waals surface area contributed by atoms with Crippen LogP contribution >= 0.6 is 0 Å². The molecule has 0 saturated carbocycles. The Morgan fingerprint density at radius 3 is 2.73 bits per heavy atom. The molecule has 1 aliphatic rings. The van der Waals surface area contributed by atoms with E-state index >= 15 is 0 Å². The third-order valence-electron chi connectivity index (χ3n) is 4.76. The van der Waals surface area contributed by atoms with Gasteiger partial charge in [-0.15, -0.1) is 0 Å². The van der Waals surface area contributed by atoms with Gasteiger partial charge in [-0.05, 0) is 48.7 Å². The van der Waals surface area contributed by atoms with E-state index in [0.29, 0.717) is 36.7 Å². The van der Waals surface area contributed by atoms with Crippen molar-refractivity contribution >= 4 is 5.91 Å². The highest BCUT2D eigenvalue weighted by Gasteiger charge is 2.36. The molecule has 2 aromatic carbocycles. The Balaban J connectivity index is 1.59. The van der Waals surface area contributed by atoms with Gasteiger partial charge in [-0.2, -0.15) is 4.98 Å². The van der Waals surface area contributed by atoms with E-state index in [0.717, 1.165) is 11.1 Å². The summed E-state index contributed by atoms with van der Waals surface area (Å²) in [5.74, 6) is 0.585. The van der Waals surface area contributed by atoms with Gasteiger partial charge in [0.05, 0.1) is 0 Å². The summed E-state index contributed by atoms with van der Waals surface area (Å²) < 4.78 is 18.5. The lowest BCUT2D eigenvalue weighted by Crippen LogP contribution is -2.27. The fourth-order valence-electron chi connectivity index (χ4n) is 3.25. The van der Waals surface area contributed by atoms with E-state index in [1.54, 1.807) is 17.0 Å². The lowest BCUT2D eigenvalue weighted by Gasteiger charge is -2.23. The van der Waals surface area contributed by atoms with Gasteiger partial charge in [0, 0.05) is 18.5 Å². The molecule has 1 fully saturated rings. The first-order chi connectivity index (χ1) is 12.6. The fourth-order valence-corrected chi connectivity index (χ4v) is 3.25. The zero-order chi connectivity index (χ0) is 18.1. The molecule has 0 spiro atoms. The molecular weight excluding hydrogens is 333 g/mol. The molecule has 3 aromatic rings. The minimum Gasteiger partial charge on any atom is -0.337 e. The van der Waals surface area contributed by atoms with Gasteiger partial charge >= 0.3 is 0 Å². The van der Waals surface area contributed by atoms with Crippen LogP contribution < -0.4 is 0 Å². The summed E-state index contributed by atoms with van der Waals surface area (Å²) in [7, 11) is 0. The second kappa shape index (κ2) is 6.71. The van der Waals surface area contributed by atoms with Crippen molar-refractivity contribution in [2.24, 2.45) is 0 Å². The van der Waals surface area contributed by atoms with Crippen LogP contribution in [0.15, 0.2) is 53.1 Å². The lowest BCUT2D eigenvalue weighted by atomic mass is 10.1. The summed E-state index contributed by atoms with van der Waals surface area (Å²) in [4.78, 5) is 18.6. The molecular formula is C20H18FN3O2. The predicted octanol–water partition coefficient (Wildman–Crippen LogP) is 4.05. The highest BCUT2D eigenvalue weighted by Crippen LogP contribution is 2.34. The Labute approximate surface area is 150 Å². The van der Waals surface area contributed by atoms with E-state index in [-0.39, 0.29) is 17.8 Å². The SMILES string of the molecule is Cc1ccccc1CN1C(=O)CCC1c1nc(-c2ccc(F)cc2)no1. The van der Waals surface area contributed by atoms with Crippen LogP contribution in [0.2, 0.25) is 0 Å². The minimum atomic E-state index is -0.316. The third kappa shape index (κ3) is 3.10. The van der Waals surface area contributed by atoms with Crippen LogP contribution in [0.4, 0.5) is 4.39 Å². The maximum Gasteiger partial charge on any atom is 0.249 e. The summed E-state index contributed by atoms with van der Waals surface area (Å²) in [6, 6.07) is 13.7. The largest absolute Gasteiger partial charge is 0.337 e. The molecule has 1 aliphatic heterocycles. The standard InChI is InChI=1S/C20H18FN3O2/c1-13-4-2-3-5-15(13)12-24-17(10-11-18(24)25)20-22-19(23-26-20)14-6-8-16(21)9-7-14/h2-9,17H,10-12H2,1H3. The van der Waals surface area contributed by atoms with E-state index in [1.807, 2.05) is 31.2 Å². The van der Waals surface area contributed by atoms with Gasteiger partial charge in [-0.3, -0.25) is 4.79 Å². The van der Waals surface area contributed by atoms with Gasteiger partial charge < -0.3 is 9.42 Å². The minimum absolute atomic E-state index is 0.0831. The van der Waals surface area contributed by atoms with E-state index in [4.69, 9.17) is 4.52 Å². The van der Waals surface area contributed by atoms with Crippen molar-refractivity contribution < 1.29 is 13.7 Å². The predicted molar refractivity (Wildman–Crippen MR) is 93.4 cm³/mol. The Morgan fingerprint density at radius 2 is 1.96 bits per heavy atom. The van der Waals surface area contributed by atoms with E-state index in [9.17, 15) is 9.18 Å². The Hall–Kier alpha value is -3.02. The number of hydrogen-bond acceptors (Lipinski definition) is 4. The van der Waals surface area contributed by atoms with Crippen molar-refractivity contribution in [1.82, 2.24) is 15.0 Å². The number of carbonyl (C=O) groups excluding carboxylic acids is 1. The molecule has 0 aliphatic carbocycles. The van der Waals surface area contributed by atoms with Gasteiger partial charge in [0.2, 0.25) is 17.6 Å². The van der Waals surface area contributed by atoms with Gasteiger partial charge in [-0.1, -0.05) is 29.4 Å². The summed E-state index contributed by atoms with van der Waals surface area (Å²) in [6.45, 7) is 2.55. The number of rotatable bonds is 4. The lowest BCUT2D eigenvalue weighted by molar-refractivity contribution is -0.130. The maximum atomic E-state index is 13.1. The van der Waals surface area contributed by atoms with Crippen LogP contribution in [-0.2, 0) is 11.3 Å². The smallest absolute Gasteiger partial charge is 0.249 e. The number of nitrogens with zero attached hydrogens (tertiary/aromatic N) is 3. The zero-order valence-electron chi connectivity index (χ0n) is 14.4. The summed E-state index contributed by atoms with van der Waals surface area (Å²) >= 11 is 0. The molecule has 0 N–H and O–H groups in total. The molecule has 6 heteroatoms. The number of aryl methyl sites for hydroxylation is 1. The number of aromatic nitrogens is 2. The molecule has 0 bridgehead atoms. The van der Waals surface area contributed by atoms with Crippen LogP contribution in [0, 0.1) is 12.7 Å². The van der Waals surface area contributed by atoms with Crippen LogP contribution in [0.1, 0.15) is 35.9 Å². The van der Waals surface area contributed by atoms with Crippen molar-refractivity contribution in [2.45, 2.75) is 32.4 Å². The average Bonchev–Trinajstić information content (AvgIpc) is 3.25. The summed E-state index contributed by atoms with van der Waals surface area (Å²) in [5.41, 5.74) is 2.92.